The van der Waals surface area contributed by atoms with Gasteiger partial charge in [-0.2, -0.15) is 0 Å². The van der Waals surface area contributed by atoms with Crippen LogP contribution < -0.4 is 0 Å². The largest absolute Gasteiger partial charge is 0.459 e. The lowest BCUT2D eigenvalue weighted by Crippen LogP contribution is -2.37. The molecule has 23 heavy (non-hydrogen) atoms. The summed E-state index contributed by atoms with van der Waals surface area (Å²) in [5.74, 6) is -1.80. The molecule has 1 saturated heterocycles. The fourth-order valence-electron chi connectivity index (χ4n) is 1.87. The fourth-order valence-corrected chi connectivity index (χ4v) is 2.70. The first-order chi connectivity index (χ1) is 10.7. The van der Waals surface area contributed by atoms with Crippen LogP contribution in [0.5, 0.6) is 0 Å². The molecular formula is C16H16FNO4S. The van der Waals surface area contributed by atoms with Gasteiger partial charge in [-0.3, -0.25) is 19.3 Å². The molecule has 0 saturated carbocycles. The summed E-state index contributed by atoms with van der Waals surface area (Å²) in [7, 11) is 0. The summed E-state index contributed by atoms with van der Waals surface area (Å²) in [5.41, 5.74) is -0.503. The first kappa shape index (κ1) is 17.2. The smallest absolute Gasteiger partial charge is 0.326 e. The third kappa shape index (κ3) is 4.41. The molecule has 0 radical (unpaired) electrons. The van der Waals surface area contributed by atoms with Crippen LogP contribution in [-0.2, 0) is 14.3 Å². The Morgan fingerprint density at radius 1 is 1.30 bits per heavy atom. The molecule has 7 heteroatoms. The van der Waals surface area contributed by atoms with Crippen LogP contribution in [0.25, 0.3) is 6.08 Å². The highest BCUT2D eigenvalue weighted by Crippen LogP contribution is 2.32. The van der Waals surface area contributed by atoms with E-state index in [2.05, 4.69) is 0 Å². The molecule has 0 N–H and O–H groups in total. The minimum absolute atomic E-state index is 0.0728. The molecule has 0 aromatic heterocycles. The topological polar surface area (TPSA) is 63.7 Å². The van der Waals surface area contributed by atoms with Crippen LogP contribution in [0, 0.1) is 5.82 Å². The number of benzene rings is 1. The first-order valence-corrected chi connectivity index (χ1v) is 7.71. The predicted octanol–water partition coefficient (Wildman–Crippen LogP) is 3.20. The standard InChI is InChI=1S/C16H16FNO4S/c1-16(2,3)22-13(19)9-18-14(20)12(23-15(18)21)8-10-6-4-5-7-11(10)17/h4-8H,9H2,1-3H3/b12-8-. The van der Waals surface area contributed by atoms with Gasteiger partial charge in [0.25, 0.3) is 11.1 Å². The Morgan fingerprint density at radius 2 is 1.96 bits per heavy atom. The molecule has 5 nitrogen and oxygen atoms in total. The van der Waals surface area contributed by atoms with Gasteiger partial charge in [0.15, 0.2) is 0 Å². The Balaban J connectivity index is 2.14. The summed E-state index contributed by atoms with van der Waals surface area (Å²) in [6.45, 7) is 4.61. The lowest BCUT2D eigenvalue weighted by molar-refractivity contribution is -0.156. The Morgan fingerprint density at radius 3 is 2.57 bits per heavy atom. The Labute approximate surface area is 137 Å². The molecule has 1 fully saturated rings. The average Bonchev–Trinajstić information content (AvgIpc) is 2.67. The van der Waals surface area contributed by atoms with E-state index in [0.29, 0.717) is 11.8 Å². The summed E-state index contributed by atoms with van der Waals surface area (Å²) >= 11 is 0.669. The molecule has 1 heterocycles. The molecule has 0 unspecified atom stereocenters. The number of thioether (sulfide) groups is 1. The van der Waals surface area contributed by atoms with E-state index >= 15 is 0 Å². The molecule has 1 aromatic rings. The van der Waals surface area contributed by atoms with Crippen molar-refractivity contribution in [2.75, 3.05) is 6.54 Å². The van der Waals surface area contributed by atoms with Crippen molar-refractivity contribution in [2.24, 2.45) is 0 Å². The van der Waals surface area contributed by atoms with Gasteiger partial charge in [0.05, 0.1) is 4.91 Å². The van der Waals surface area contributed by atoms with Crippen LogP contribution in [0.3, 0.4) is 0 Å². The molecule has 0 atom stereocenters. The van der Waals surface area contributed by atoms with Crippen LogP contribution in [0.4, 0.5) is 9.18 Å². The quantitative estimate of drug-likeness (QED) is 0.626. The normalized spacial score (nSPS) is 17.0. The second-order valence-corrected chi connectivity index (χ2v) is 6.87. The van der Waals surface area contributed by atoms with E-state index < -0.39 is 35.1 Å². The number of rotatable bonds is 3. The summed E-state index contributed by atoms with van der Waals surface area (Å²) < 4.78 is 18.7. The number of nitrogens with zero attached hydrogens (tertiary/aromatic N) is 1. The number of amides is 2. The average molecular weight is 337 g/mol. The molecule has 0 spiro atoms. The minimum atomic E-state index is -0.706. The van der Waals surface area contributed by atoms with Crippen molar-refractivity contribution in [1.82, 2.24) is 4.90 Å². The zero-order valence-corrected chi connectivity index (χ0v) is 13.8. The minimum Gasteiger partial charge on any atom is -0.459 e. The van der Waals surface area contributed by atoms with Crippen LogP contribution in [0.1, 0.15) is 26.3 Å². The van der Waals surface area contributed by atoms with Crippen molar-refractivity contribution < 1.29 is 23.5 Å². The van der Waals surface area contributed by atoms with Gasteiger partial charge in [-0.25, -0.2) is 4.39 Å². The number of hydrogen-bond acceptors (Lipinski definition) is 5. The van der Waals surface area contributed by atoms with E-state index in [4.69, 9.17) is 4.74 Å². The molecule has 2 amide bonds. The third-order valence-electron chi connectivity index (χ3n) is 2.77. The molecule has 1 aliphatic rings. The van der Waals surface area contributed by atoms with Gasteiger partial charge in [-0.15, -0.1) is 0 Å². The second-order valence-electron chi connectivity index (χ2n) is 5.88. The van der Waals surface area contributed by atoms with Gasteiger partial charge in [0.2, 0.25) is 0 Å². The fraction of sp³-hybridized carbons (Fsp3) is 0.312. The molecule has 2 rings (SSSR count). The zero-order chi connectivity index (χ0) is 17.2. The Hall–Kier alpha value is -2.15. The molecular weight excluding hydrogens is 321 g/mol. The van der Waals surface area contributed by atoms with Crippen LogP contribution in [0.2, 0.25) is 0 Å². The predicted molar refractivity (Wildman–Crippen MR) is 84.9 cm³/mol. The number of hydrogen-bond donors (Lipinski definition) is 0. The summed E-state index contributed by atoms with van der Waals surface area (Å²) in [4.78, 5) is 36.8. The molecule has 1 aromatic carbocycles. The van der Waals surface area contributed by atoms with Crippen LogP contribution >= 0.6 is 11.8 Å². The number of imide groups is 1. The van der Waals surface area contributed by atoms with Gasteiger partial charge in [0.1, 0.15) is 18.0 Å². The molecule has 122 valence electrons. The van der Waals surface area contributed by atoms with Crippen molar-refractivity contribution in [3.63, 3.8) is 0 Å². The van der Waals surface area contributed by atoms with E-state index in [0.717, 1.165) is 4.90 Å². The maximum absolute atomic E-state index is 13.6. The summed E-state index contributed by atoms with van der Waals surface area (Å²) in [6.07, 6.45) is 1.30. The first-order valence-electron chi connectivity index (χ1n) is 6.89. The van der Waals surface area contributed by atoms with Crippen molar-refractivity contribution in [1.29, 1.82) is 0 Å². The summed E-state index contributed by atoms with van der Waals surface area (Å²) in [5, 5.41) is -0.580. The van der Waals surface area contributed by atoms with E-state index in [1.54, 1.807) is 26.8 Å². The lowest BCUT2D eigenvalue weighted by atomic mass is 10.2. The monoisotopic (exact) mass is 337 g/mol. The van der Waals surface area contributed by atoms with E-state index in [1.165, 1.54) is 24.3 Å². The van der Waals surface area contributed by atoms with Gasteiger partial charge >= 0.3 is 5.97 Å². The number of ether oxygens (including phenoxy) is 1. The van der Waals surface area contributed by atoms with Crippen molar-refractivity contribution in [2.45, 2.75) is 26.4 Å². The van der Waals surface area contributed by atoms with E-state index in [-0.39, 0.29) is 10.5 Å². The van der Waals surface area contributed by atoms with Gasteiger partial charge < -0.3 is 4.74 Å². The number of halogens is 1. The molecule has 1 aliphatic heterocycles. The maximum atomic E-state index is 13.6. The third-order valence-corrected chi connectivity index (χ3v) is 3.68. The van der Waals surface area contributed by atoms with Crippen molar-refractivity contribution >= 4 is 35.0 Å². The van der Waals surface area contributed by atoms with Crippen LogP contribution in [0.15, 0.2) is 29.2 Å². The summed E-state index contributed by atoms with van der Waals surface area (Å²) in [6, 6.07) is 5.91. The number of carbonyl (C=O) groups excluding carboxylic acids is 3. The Bertz CT molecular complexity index is 694. The molecule has 0 aliphatic carbocycles. The van der Waals surface area contributed by atoms with E-state index in [1.807, 2.05) is 0 Å². The number of esters is 1. The van der Waals surface area contributed by atoms with Crippen molar-refractivity contribution in [3.8, 4) is 0 Å². The number of carbonyl (C=O) groups is 3. The van der Waals surface area contributed by atoms with Gasteiger partial charge in [-0.05, 0) is 44.7 Å². The maximum Gasteiger partial charge on any atom is 0.326 e. The highest BCUT2D eigenvalue weighted by Gasteiger charge is 2.37. The highest BCUT2D eigenvalue weighted by molar-refractivity contribution is 8.18. The molecule has 0 bridgehead atoms. The van der Waals surface area contributed by atoms with Crippen molar-refractivity contribution in [3.05, 3.63) is 40.6 Å². The van der Waals surface area contributed by atoms with Gasteiger partial charge in [-0.1, -0.05) is 18.2 Å². The Kier molecular flexibility index (Phi) is 4.89. The SMILES string of the molecule is CC(C)(C)OC(=O)CN1C(=O)S/C(=C\c2ccccc2F)C1=O. The lowest BCUT2D eigenvalue weighted by Gasteiger charge is -2.21. The van der Waals surface area contributed by atoms with Gasteiger partial charge in [0, 0.05) is 5.56 Å². The highest BCUT2D eigenvalue weighted by atomic mass is 32.2. The zero-order valence-electron chi connectivity index (χ0n) is 13.0. The van der Waals surface area contributed by atoms with Crippen LogP contribution in [-0.4, -0.2) is 34.2 Å². The van der Waals surface area contributed by atoms with E-state index in [9.17, 15) is 18.8 Å². The second kappa shape index (κ2) is 6.54.